The Kier molecular flexibility index (Phi) is 56.3. The van der Waals surface area contributed by atoms with Gasteiger partial charge >= 0.3 is 21.6 Å². The van der Waals surface area contributed by atoms with E-state index in [0.29, 0.717) is 38.5 Å². The van der Waals surface area contributed by atoms with Gasteiger partial charge in [-0.3, -0.25) is 47.4 Å². The Labute approximate surface area is 653 Å². The van der Waals surface area contributed by atoms with E-state index in [0.717, 1.165) is 196 Å². The molecule has 2 aliphatic heterocycles. The molecule has 0 aromatic rings. The number of carbonyl (C=O) groups is 8. The molecule has 31 nitrogen and oxygen atoms in total. The quantitative estimate of drug-likeness (QED) is 0.0154. The summed E-state index contributed by atoms with van der Waals surface area (Å²) >= 11 is 0. The average molecular weight is 1640 g/mol. The Morgan fingerprint density at radius 3 is 1.27 bits per heavy atom. The van der Waals surface area contributed by atoms with Crippen molar-refractivity contribution in [3.63, 3.8) is 0 Å². The summed E-state index contributed by atoms with van der Waals surface area (Å²) in [6, 6.07) is -4.44. The average Bonchev–Trinajstić information content (AvgIpc) is 0.715. The Bertz CT molecular complexity index is 2640. The first-order chi connectivity index (χ1) is 52.2. The standard InChI is InChI=1S/C74H140N6O25P4/c1-7-11-15-19-23-27-31-35-39-43-58(83)75-51-57(82)74(90)71(78-61(86)54-80(6)63(88)46-42-38-34-30-26-22-18-14-10-4)70(101-56(55-81)72(74)105-109(94,95)96)67(97-47-49-99-106)68-69(104-108(91,92)93)66(102-64(89)52-76-59(84)44-40-36-32-28-24-20-16-12-8-2)65(73(103-68)98-48-50-100-107)77-60(85)53-79(5)62(87)45-41-37-33-29-25-21-17-13-9-3/h56,65-73,81,90H,7-55,106-107H2,1-6H3,(H,75,83)(H,76,84)(H,77,85)(H,78,86)(H2,91,92,93)(H2,94,95,96)/t56-,65+,66-,67?,68-,69+,70+,71-,72-,73+,74-/m1/s1. The third kappa shape index (κ3) is 43.9. The van der Waals surface area contributed by atoms with E-state index in [-0.39, 0.29) is 38.9 Å². The molecule has 0 spiro atoms. The highest BCUT2D eigenvalue weighted by molar-refractivity contribution is 7.46. The van der Waals surface area contributed by atoms with E-state index < -0.39 is 176 Å². The molecule has 3 unspecified atom stereocenters. The summed E-state index contributed by atoms with van der Waals surface area (Å²) in [4.78, 5) is 159. The largest absolute Gasteiger partial charge is 0.470 e. The molecule has 0 saturated carbocycles. The van der Waals surface area contributed by atoms with Crippen molar-refractivity contribution in [1.29, 1.82) is 0 Å². The first-order valence-electron chi connectivity index (χ1n) is 40.5. The summed E-state index contributed by atoms with van der Waals surface area (Å²) in [5.74, 6) is -7.10. The first-order valence-corrected chi connectivity index (χ1v) is 44.5. The van der Waals surface area contributed by atoms with Gasteiger partial charge in [-0.05, 0) is 25.7 Å². The van der Waals surface area contributed by atoms with E-state index in [1.54, 1.807) is 0 Å². The van der Waals surface area contributed by atoms with Gasteiger partial charge in [-0.2, -0.15) is 0 Å². The lowest BCUT2D eigenvalue weighted by Gasteiger charge is -2.54. The van der Waals surface area contributed by atoms with Crippen LogP contribution in [0.15, 0.2) is 0 Å². The number of hydrogen-bond donors (Lipinski definition) is 10. The van der Waals surface area contributed by atoms with Crippen molar-refractivity contribution in [2.75, 3.05) is 73.3 Å². The molecule has 0 bridgehead atoms. The van der Waals surface area contributed by atoms with E-state index in [9.17, 15) is 72.5 Å². The van der Waals surface area contributed by atoms with E-state index in [1.807, 2.05) is 18.9 Å². The van der Waals surface area contributed by atoms with Crippen LogP contribution in [0.2, 0.25) is 0 Å². The van der Waals surface area contributed by atoms with Crippen molar-refractivity contribution in [3.05, 3.63) is 0 Å². The molecule has 0 radical (unpaired) electrons. The second-order valence-electron chi connectivity index (χ2n) is 29.0. The summed E-state index contributed by atoms with van der Waals surface area (Å²) in [5, 5.41) is 34.9. The number of Topliss-reactive ketones (excluding diaryl/α,β-unsaturated/α-hetero) is 1. The number of aliphatic hydroxyl groups is 2. The zero-order valence-electron chi connectivity index (χ0n) is 66.3. The fourth-order valence-corrected chi connectivity index (χ4v) is 15.0. The summed E-state index contributed by atoms with van der Waals surface area (Å²) in [7, 11) is -5.27. The second-order valence-corrected chi connectivity index (χ2v) is 32.1. The zero-order valence-corrected chi connectivity index (χ0v) is 70.4. The maximum atomic E-state index is 15.4. The first kappa shape index (κ1) is 102. The third-order valence-corrected chi connectivity index (χ3v) is 21.2. The lowest BCUT2D eigenvalue weighted by atomic mass is 9.73. The highest BCUT2D eigenvalue weighted by Gasteiger charge is 2.66. The second kappa shape index (κ2) is 60.3. The van der Waals surface area contributed by atoms with Crippen molar-refractivity contribution in [3.8, 4) is 0 Å². The van der Waals surface area contributed by atoms with Crippen LogP contribution in [0.25, 0.3) is 0 Å². The van der Waals surface area contributed by atoms with E-state index >= 15 is 4.79 Å². The van der Waals surface area contributed by atoms with Gasteiger partial charge in [0.2, 0.25) is 35.4 Å². The molecule has 13 atom stereocenters. The molecule has 2 saturated heterocycles. The number of hydrogen-bond acceptors (Lipinski definition) is 21. The number of unbranched alkanes of at least 4 members (excludes halogenated alkanes) is 32. The number of aliphatic hydroxyl groups excluding tert-OH is 1. The summed E-state index contributed by atoms with van der Waals surface area (Å²) in [6.45, 7) is 1.99. The Morgan fingerprint density at radius 1 is 0.477 bits per heavy atom. The zero-order chi connectivity index (χ0) is 80.9. The summed E-state index contributed by atoms with van der Waals surface area (Å²) in [5.41, 5.74) is -3.59. The van der Waals surface area contributed by atoms with Crippen LogP contribution in [0, 0.1) is 0 Å². The number of nitrogens with one attached hydrogen (secondary N) is 4. The smallest absolute Gasteiger partial charge is 0.456 e. The van der Waals surface area contributed by atoms with Crippen LogP contribution < -0.4 is 21.3 Å². The third-order valence-electron chi connectivity index (χ3n) is 19.7. The molecule has 2 fully saturated rings. The van der Waals surface area contributed by atoms with Crippen LogP contribution >= 0.6 is 34.6 Å². The van der Waals surface area contributed by atoms with Gasteiger partial charge < -0.3 is 93.6 Å². The van der Waals surface area contributed by atoms with Crippen molar-refractivity contribution in [1.82, 2.24) is 31.1 Å². The normalized spacial score (nSPS) is 21.1. The number of nitrogens with zero attached hydrogens (tertiary/aromatic N) is 2. The lowest BCUT2D eigenvalue weighted by Crippen LogP contribution is -2.79. The van der Waals surface area contributed by atoms with E-state index in [4.69, 9.17) is 41.8 Å². The van der Waals surface area contributed by atoms with Crippen molar-refractivity contribution >= 4 is 81.8 Å². The van der Waals surface area contributed by atoms with Gasteiger partial charge in [0.25, 0.3) is 0 Å². The van der Waals surface area contributed by atoms with E-state index in [1.165, 1.54) is 20.5 Å². The van der Waals surface area contributed by atoms with Crippen LogP contribution in [0.1, 0.15) is 285 Å². The maximum Gasteiger partial charge on any atom is 0.470 e. The maximum absolute atomic E-state index is 15.4. The lowest BCUT2D eigenvalue weighted by molar-refractivity contribution is -0.310. The molecule has 35 heteroatoms. The highest BCUT2D eigenvalue weighted by atomic mass is 31.2. The van der Waals surface area contributed by atoms with Gasteiger partial charge in [0, 0.05) is 58.7 Å². The minimum absolute atomic E-state index is 0.000395. The fraction of sp³-hybridized carbons (Fsp3) is 0.892. The van der Waals surface area contributed by atoms with Crippen molar-refractivity contribution < 1.29 is 119 Å². The van der Waals surface area contributed by atoms with Gasteiger partial charge in [-0.15, -0.1) is 0 Å². The number of esters is 1. The Morgan fingerprint density at radius 2 is 0.862 bits per heavy atom. The topological polar surface area (TPSA) is 430 Å². The van der Waals surface area contributed by atoms with Crippen LogP contribution in [-0.2, 0) is 89.3 Å². The molecular formula is C74H140N6O25P4. The molecule has 109 heavy (non-hydrogen) atoms. The molecule has 2 rings (SSSR count). The molecule has 0 aromatic carbocycles. The van der Waals surface area contributed by atoms with Crippen LogP contribution in [0.3, 0.4) is 0 Å². The predicted octanol–water partition coefficient (Wildman–Crippen LogP) is 9.46. The molecule has 6 amide bonds. The highest BCUT2D eigenvalue weighted by Crippen LogP contribution is 2.48. The Balaban J connectivity index is 3.01. The minimum Gasteiger partial charge on any atom is -0.456 e. The molecule has 10 N–H and O–H groups in total. The number of ketones is 1. The number of phosphoric acid groups is 2. The van der Waals surface area contributed by atoms with Gasteiger partial charge in [-0.1, -0.05) is 233 Å². The molecule has 0 aromatic heterocycles. The number of likely N-dealkylation sites (N-methyl/N-ethyl adjacent to an activating group) is 2. The molecular weight excluding hydrogens is 1500 g/mol. The van der Waals surface area contributed by atoms with E-state index in [2.05, 4.69) is 49.0 Å². The SMILES string of the molecule is CCCCCCCCCCCC(=O)NCC(=O)O[C@@H]1[C@H](NC(=O)CN(C)C(=O)CCCCCCCCCCC)[C@@H](OCCOP)O[C@H](C(OCCOP)[C@@H]2O[C@H](CO)[C@@H](OP(=O)(O)O)[C@@](O)(C(=O)CNC(=O)CCCCCCCCCCC)[C@@H]2NC(=O)CN(C)C(=O)CCCCCCCCCCC)[C@H]1OP(=O)(O)O. The molecule has 636 valence electrons. The molecule has 2 aliphatic rings. The monoisotopic (exact) mass is 1640 g/mol. The van der Waals surface area contributed by atoms with Gasteiger partial charge in [0.05, 0.1) is 58.7 Å². The number of carbonyl (C=O) groups excluding carboxylic acids is 8. The van der Waals surface area contributed by atoms with Crippen molar-refractivity contribution in [2.45, 2.75) is 351 Å². The Hall–Kier alpha value is -3.28. The van der Waals surface area contributed by atoms with Crippen LogP contribution in [-0.4, -0.2) is 227 Å². The summed E-state index contributed by atoms with van der Waals surface area (Å²) < 4.78 is 80.0. The van der Waals surface area contributed by atoms with Crippen LogP contribution in [0.5, 0.6) is 0 Å². The fourth-order valence-electron chi connectivity index (χ4n) is 13.6. The van der Waals surface area contributed by atoms with Crippen LogP contribution in [0.4, 0.5) is 0 Å². The molecule has 0 aliphatic carbocycles. The summed E-state index contributed by atoms with van der Waals surface area (Å²) in [6.07, 6.45) is 15.5. The van der Waals surface area contributed by atoms with Gasteiger partial charge in [0.15, 0.2) is 23.8 Å². The number of ether oxygens (including phenoxy) is 5. The number of rotatable bonds is 67. The van der Waals surface area contributed by atoms with Crippen molar-refractivity contribution in [2.24, 2.45) is 0 Å². The molecule has 2 heterocycles. The van der Waals surface area contributed by atoms with Gasteiger partial charge in [0.1, 0.15) is 49.2 Å². The number of amides is 6. The van der Waals surface area contributed by atoms with Gasteiger partial charge in [-0.25, -0.2) is 9.13 Å². The predicted molar refractivity (Wildman–Crippen MR) is 418 cm³/mol. The minimum atomic E-state index is -6.00. The number of phosphoric ester groups is 2.